The Morgan fingerprint density at radius 3 is 2.72 bits per heavy atom. The molecule has 1 aromatic rings. The van der Waals surface area contributed by atoms with Crippen molar-refractivity contribution in [2.75, 3.05) is 20.2 Å². The molecule has 0 aliphatic carbocycles. The molecular weight excluding hydrogens is 237 g/mol. The Morgan fingerprint density at radius 2 is 2.11 bits per heavy atom. The first-order valence-corrected chi connectivity index (χ1v) is 6.03. The van der Waals surface area contributed by atoms with Gasteiger partial charge in [0.15, 0.2) is 0 Å². The number of halogens is 1. The van der Waals surface area contributed by atoms with Crippen LogP contribution in [0.15, 0.2) is 18.2 Å². The number of aliphatic hydroxyl groups is 2. The zero-order valence-electron chi connectivity index (χ0n) is 10.7. The zero-order valence-corrected chi connectivity index (χ0v) is 10.7. The largest absolute Gasteiger partial charge is 0.493 e. The number of nitrogens with one attached hydrogen (secondary N) is 1. The van der Waals surface area contributed by atoms with Crippen molar-refractivity contribution in [1.82, 2.24) is 5.32 Å². The first kappa shape index (κ1) is 14.9. The van der Waals surface area contributed by atoms with Gasteiger partial charge in [0.05, 0.1) is 12.7 Å². The average Bonchev–Trinajstić information content (AvgIpc) is 2.37. The summed E-state index contributed by atoms with van der Waals surface area (Å²) in [5.41, 5.74) is 0.278. The first-order valence-electron chi connectivity index (χ1n) is 6.03. The molecule has 0 spiro atoms. The van der Waals surface area contributed by atoms with E-state index in [0.29, 0.717) is 25.3 Å². The van der Waals surface area contributed by atoms with Crippen LogP contribution in [-0.2, 0) is 0 Å². The minimum absolute atomic E-state index is 0.278. The molecular formula is C13H20FNO3. The van der Waals surface area contributed by atoms with Crippen LogP contribution < -0.4 is 10.1 Å². The Kier molecular flexibility index (Phi) is 6.04. The third-order valence-electron chi connectivity index (χ3n) is 2.64. The molecule has 0 aliphatic heterocycles. The summed E-state index contributed by atoms with van der Waals surface area (Å²) in [6, 6.07) is 3.92. The van der Waals surface area contributed by atoms with Gasteiger partial charge in [0.25, 0.3) is 0 Å². The second kappa shape index (κ2) is 7.31. The highest BCUT2D eigenvalue weighted by Crippen LogP contribution is 2.29. The van der Waals surface area contributed by atoms with Crippen LogP contribution >= 0.6 is 0 Å². The van der Waals surface area contributed by atoms with Crippen molar-refractivity contribution in [2.24, 2.45) is 0 Å². The lowest BCUT2D eigenvalue weighted by Crippen LogP contribution is -2.23. The quantitative estimate of drug-likeness (QED) is 0.687. The second-order valence-corrected chi connectivity index (χ2v) is 4.02. The fraction of sp³-hybridized carbons (Fsp3) is 0.538. The van der Waals surface area contributed by atoms with Gasteiger partial charge in [0.2, 0.25) is 0 Å². The van der Waals surface area contributed by atoms with Gasteiger partial charge in [-0.3, -0.25) is 0 Å². The van der Waals surface area contributed by atoms with Crippen LogP contribution in [0.5, 0.6) is 5.75 Å². The molecule has 2 atom stereocenters. The van der Waals surface area contributed by atoms with E-state index in [0.717, 1.165) is 0 Å². The molecule has 3 N–H and O–H groups in total. The SMILES string of the molecule is CCOc1ccc(F)cc1C(O)C(O)CCNC. The van der Waals surface area contributed by atoms with Crippen molar-refractivity contribution in [3.05, 3.63) is 29.6 Å². The van der Waals surface area contributed by atoms with Crippen molar-refractivity contribution in [2.45, 2.75) is 25.6 Å². The summed E-state index contributed by atoms with van der Waals surface area (Å²) in [6.45, 7) is 2.78. The molecule has 4 nitrogen and oxygen atoms in total. The molecule has 0 heterocycles. The Labute approximate surface area is 106 Å². The second-order valence-electron chi connectivity index (χ2n) is 4.02. The third kappa shape index (κ3) is 3.94. The minimum Gasteiger partial charge on any atom is -0.493 e. The molecule has 0 amide bonds. The number of benzene rings is 1. The van der Waals surface area contributed by atoms with E-state index in [1.54, 1.807) is 14.0 Å². The Hall–Kier alpha value is -1.17. The van der Waals surface area contributed by atoms with Crippen LogP contribution in [0.2, 0.25) is 0 Å². The van der Waals surface area contributed by atoms with Crippen LogP contribution in [0.4, 0.5) is 4.39 Å². The molecule has 0 aromatic heterocycles. The normalized spacial score (nSPS) is 14.3. The standard InChI is InChI=1S/C13H20FNO3/c1-3-18-12-5-4-9(14)8-10(12)13(17)11(16)6-7-15-2/h4-5,8,11,13,15-17H,3,6-7H2,1-2H3. The maximum Gasteiger partial charge on any atom is 0.125 e. The maximum absolute atomic E-state index is 13.2. The molecule has 2 unspecified atom stereocenters. The van der Waals surface area contributed by atoms with Crippen LogP contribution in [0, 0.1) is 5.82 Å². The molecule has 5 heteroatoms. The van der Waals surface area contributed by atoms with Crippen LogP contribution in [0.3, 0.4) is 0 Å². The van der Waals surface area contributed by atoms with E-state index < -0.39 is 18.0 Å². The summed E-state index contributed by atoms with van der Waals surface area (Å²) in [7, 11) is 1.76. The predicted molar refractivity (Wildman–Crippen MR) is 67.1 cm³/mol. The monoisotopic (exact) mass is 257 g/mol. The van der Waals surface area contributed by atoms with Gasteiger partial charge in [0.1, 0.15) is 17.7 Å². The lowest BCUT2D eigenvalue weighted by atomic mass is 10.0. The van der Waals surface area contributed by atoms with E-state index >= 15 is 0 Å². The van der Waals surface area contributed by atoms with Crippen LogP contribution in [0.1, 0.15) is 25.0 Å². The summed E-state index contributed by atoms with van der Waals surface area (Å²) >= 11 is 0. The molecule has 1 rings (SSSR count). The van der Waals surface area contributed by atoms with E-state index in [4.69, 9.17) is 4.74 Å². The Bertz CT molecular complexity index is 373. The molecule has 0 aliphatic rings. The lowest BCUT2D eigenvalue weighted by molar-refractivity contribution is 0.0123. The number of ether oxygens (including phenoxy) is 1. The molecule has 18 heavy (non-hydrogen) atoms. The molecule has 0 saturated carbocycles. The van der Waals surface area contributed by atoms with E-state index in [2.05, 4.69) is 5.32 Å². The molecule has 102 valence electrons. The lowest BCUT2D eigenvalue weighted by Gasteiger charge is -2.20. The van der Waals surface area contributed by atoms with Gasteiger partial charge >= 0.3 is 0 Å². The fourth-order valence-corrected chi connectivity index (χ4v) is 1.69. The van der Waals surface area contributed by atoms with Crippen molar-refractivity contribution >= 4 is 0 Å². The summed E-state index contributed by atoms with van der Waals surface area (Å²) in [5.74, 6) is -0.0665. The fourth-order valence-electron chi connectivity index (χ4n) is 1.69. The van der Waals surface area contributed by atoms with E-state index in [9.17, 15) is 14.6 Å². The smallest absolute Gasteiger partial charge is 0.125 e. The van der Waals surface area contributed by atoms with Gasteiger partial charge in [-0.25, -0.2) is 4.39 Å². The van der Waals surface area contributed by atoms with Crippen LogP contribution in [0.25, 0.3) is 0 Å². The highest BCUT2D eigenvalue weighted by atomic mass is 19.1. The number of aliphatic hydroxyl groups excluding tert-OH is 2. The topological polar surface area (TPSA) is 61.7 Å². The van der Waals surface area contributed by atoms with Crippen LogP contribution in [-0.4, -0.2) is 36.5 Å². The molecule has 1 aromatic carbocycles. The number of rotatable bonds is 7. The zero-order chi connectivity index (χ0) is 13.5. The summed E-state index contributed by atoms with van der Waals surface area (Å²) in [5, 5.41) is 22.7. The van der Waals surface area contributed by atoms with Gasteiger partial charge in [-0.15, -0.1) is 0 Å². The minimum atomic E-state index is -1.16. The maximum atomic E-state index is 13.2. The van der Waals surface area contributed by atoms with Gasteiger partial charge < -0.3 is 20.3 Å². The summed E-state index contributed by atoms with van der Waals surface area (Å²) < 4.78 is 18.5. The summed E-state index contributed by atoms with van der Waals surface area (Å²) in [6.07, 6.45) is -1.74. The third-order valence-corrected chi connectivity index (χ3v) is 2.64. The van der Waals surface area contributed by atoms with Gasteiger partial charge in [-0.1, -0.05) is 0 Å². The van der Waals surface area contributed by atoms with E-state index in [1.807, 2.05) is 0 Å². The van der Waals surface area contributed by atoms with Crippen molar-refractivity contribution in [1.29, 1.82) is 0 Å². The molecule has 0 saturated heterocycles. The van der Waals surface area contributed by atoms with Crippen molar-refractivity contribution < 1.29 is 19.3 Å². The van der Waals surface area contributed by atoms with Gasteiger partial charge in [-0.2, -0.15) is 0 Å². The molecule has 0 radical (unpaired) electrons. The molecule has 0 bridgehead atoms. The Balaban J connectivity index is 2.87. The number of hydrogen-bond donors (Lipinski definition) is 3. The highest BCUT2D eigenvalue weighted by Gasteiger charge is 2.22. The van der Waals surface area contributed by atoms with Gasteiger partial charge in [0, 0.05) is 5.56 Å². The predicted octanol–water partition coefficient (Wildman–Crippen LogP) is 1.23. The highest BCUT2D eigenvalue weighted by molar-refractivity contribution is 5.36. The first-order chi connectivity index (χ1) is 8.60. The Morgan fingerprint density at radius 1 is 1.39 bits per heavy atom. The average molecular weight is 257 g/mol. The van der Waals surface area contributed by atoms with E-state index in [-0.39, 0.29) is 5.56 Å². The van der Waals surface area contributed by atoms with Crippen molar-refractivity contribution in [3.63, 3.8) is 0 Å². The van der Waals surface area contributed by atoms with Crippen molar-refractivity contribution in [3.8, 4) is 5.75 Å². The van der Waals surface area contributed by atoms with Gasteiger partial charge in [-0.05, 0) is 45.1 Å². The van der Waals surface area contributed by atoms with E-state index in [1.165, 1.54) is 18.2 Å². The summed E-state index contributed by atoms with van der Waals surface area (Å²) in [4.78, 5) is 0. The molecule has 0 fully saturated rings. The number of hydrogen-bond acceptors (Lipinski definition) is 4.